The summed E-state index contributed by atoms with van der Waals surface area (Å²) in [5, 5.41) is 10.5. The molecule has 1 unspecified atom stereocenters. The fourth-order valence-electron chi connectivity index (χ4n) is 2.46. The maximum atomic E-state index is 11.9. The van der Waals surface area contributed by atoms with Gasteiger partial charge >= 0.3 is 0 Å². The first-order valence-corrected chi connectivity index (χ1v) is 7.55. The Morgan fingerprint density at radius 1 is 1.36 bits per heavy atom. The summed E-state index contributed by atoms with van der Waals surface area (Å²) in [5.74, 6) is 1.27. The number of rotatable bonds is 6. The average Bonchev–Trinajstić information content (AvgIpc) is 3.19. The van der Waals surface area contributed by atoms with Gasteiger partial charge in [-0.05, 0) is 25.1 Å². The zero-order chi connectivity index (χ0) is 15.2. The van der Waals surface area contributed by atoms with Gasteiger partial charge in [-0.25, -0.2) is 0 Å². The SMILES string of the molecule is O=C(CCOc1ccccc1)Nc1ccn(C2CCNC2)n1. The van der Waals surface area contributed by atoms with Crippen LogP contribution in [0.3, 0.4) is 0 Å². The molecule has 2 aromatic rings. The van der Waals surface area contributed by atoms with Crippen LogP contribution in [-0.2, 0) is 4.79 Å². The van der Waals surface area contributed by atoms with Crippen molar-refractivity contribution in [2.24, 2.45) is 0 Å². The fraction of sp³-hybridized carbons (Fsp3) is 0.375. The molecule has 1 aromatic carbocycles. The van der Waals surface area contributed by atoms with E-state index in [2.05, 4.69) is 15.7 Å². The number of nitrogens with one attached hydrogen (secondary N) is 2. The first kappa shape index (κ1) is 14.6. The molecule has 1 aliphatic rings. The molecule has 0 aliphatic carbocycles. The lowest BCUT2D eigenvalue weighted by molar-refractivity contribution is -0.116. The van der Waals surface area contributed by atoms with Crippen LogP contribution >= 0.6 is 0 Å². The van der Waals surface area contributed by atoms with Crippen molar-refractivity contribution in [3.63, 3.8) is 0 Å². The van der Waals surface area contributed by atoms with Crippen LogP contribution in [0.1, 0.15) is 18.9 Å². The molecule has 6 heteroatoms. The number of carbonyl (C=O) groups excluding carboxylic acids is 1. The zero-order valence-electron chi connectivity index (χ0n) is 12.4. The number of anilines is 1. The highest BCUT2D eigenvalue weighted by molar-refractivity contribution is 5.89. The van der Waals surface area contributed by atoms with Gasteiger partial charge in [0.1, 0.15) is 5.75 Å². The Labute approximate surface area is 129 Å². The number of hydrogen-bond acceptors (Lipinski definition) is 4. The lowest BCUT2D eigenvalue weighted by Crippen LogP contribution is -2.17. The van der Waals surface area contributed by atoms with Crippen LogP contribution in [-0.4, -0.2) is 35.4 Å². The molecule has 1 amide bonds. The van der Waals surface area contributed by atoms with Crippen molar-refractivity contribution in [1.29, 1.82) is 0 Å². The second-order valence-electron chi connectivity index (χ2n) is 5.29. The van der Waals surface area contributed by atoms with Crippen molar-refractivity contribution >= 4 is 11.7 Å². The minimum atomic E-state index is -0.0919. The van der Waals surface area contributed by atoms with Crippen LogP contribution in [0.5, 0.6) is 5.75 Å². The molecular weight excluding hydrogens is 280 g/mol. The summed E-state index contributed by atoms with van der Waals surface area (Å²) in [6.45, 7) is 2.30. The molecule has 0 saturated carbocycles. The molecular formula is C16H20N4O2. The summed E-state index contributed by atoms with van der Waals surface area (Å²) < 4.78 is 7.42. The molecule has 0 bridgehead atoms. The maximum absolute atomic E-state index is 11.9. The summed E-state index contributed by atoms with van der Waals surface area (Å²) >= 11 is 0. The van der Waals surface area contributed by atoms with Crippen molar-refractivity contribution in [3.8, 4) is 5.75 Å². The third-order valence-electron chi connectivity index (χ3n) is 3.63. The molecule has 2 heterocycles. The molecule has 116 valence electrons. The van der Waals surface area contributed by atoms with E-state index >= 15 is 0 Å². The number of nitrogens with zero attached hydrogens (tertiary/aromatic N) is 2. The number of para-hydroxylation sites is 1. The second-order valence-corrected chi connectivity index (χ2v) is 5.29. The van der Waals surface area contributed by atoms with Gasteiger partial charge in [0, 0.05) is 18.8 Å². The summed E-state index contributed by atoms with van der Waals surface area (Å²) in [5.41, 5.74) is 0. The van der Waals surface area contributed by atoms with E-state index in [1.807, 2.05) is 47.3 Å². The van der Waals surface area contributed by atoms with Crippen LogP contribution in [0.4, 0.5) is 5.82 Å². The lowest BCUT2D eigenvalue weighted by Gasteiger charge is -2.08. The molecule has 1 aromatic heterocycles. The van der Waals surface area contributed by atoms with Crippen molar-refractivity contribution in [1.82, 2.24) is 15.1 Å². The smallest absolute Gasteiger partial charge is 0.229 e. The molecule has 6 nitrogen and oxygen atoms in total. The van der Waals surface area contributed by atoms with E-state index in [1.54, 1.807) is 0 Å². The summed E-state index contributed by atoms with van der Waals surface area (Å²) in [7, 11) is 0. The minimum absolute atomic E-state index is 0.0919. The zero-order valence-corrected chi connectivity index (χ0v) is 12.4. The third kappa shape index (κ3) is 3.85. The molecule has 1 aliphatic heterocycles. The van der Waals surface area contributed by atoms with Gasteiger partial charge in [0.05, 0.1) is 19.1 Å². The van der Waals surface area contributed by atoms with Gasteiger partial charge in [-0.2, -0.15) is 5.10 Å². The van der Waals surface area contributed by atoms with Gasteiger partial charge in [0.15, 0.2) is 5.82 Å². The quantitative estimate of drug-likeness (QED) is 0.854. The van der Waals surface area contributed by atoms with E-state index in [-0.39, 0.29) is 5.91 Å². The number of carbonyl (C=O) groups is 1. The molecule has 1 atom stereocenters. The van der Waals surface area contributed by atoms with E-state index in [0.717, 1.165) is 25.3 Å². The summed E-state index contributed by atoms with van der Waals surface area (Å²) in [6.07, 6.45) is 3.28. The Bertz CT molecular complexity index is 606. The molecule has 2 N–H and O–H groups in total. The average molecular weight is 300 g/mol. The van der Waals surface area contributed by atoms with E-state index in [4.69, 9.17) is 4.74 Å². The standard InChI is InChI=1S/C16H20N4O2/c21-16(8-11-22-14-4-2-1-3-5-14)18-15-7-10-20(19-15)13-6-9-17-12-13/h1-5,7,10,13,17H,6,8-9,11-12H2,(H,18,19,21). The highest BCUT2D eigenvalue weighted by Crippen LogP contribution is 2.16. The molecule has 22 heavy (non-hydrogen) atoms. The van der Waals surface area contributed by atoms with E-state index < -0.39 is 0 Å². The highest BCUT2D eigenvalue weighted by Gasteiger charge is 2.17. The Kier molecular flexibility index (Phi) is 4.70. The van der Waals surface area contributed by atoms with E-state index in [0.29, 0.717) is 24.9 Å². The maximum Gasteiger partial charge on any atom is 0.229 e. The minimum Gasteiger partial charge on any atom is -0.493 e. The van der Waals surface area contributed by atoms with Crippen LogP contribution < -0.4 is 15.4 Å². The first-order chi connectivity index (χ1) is 10.8. The van der Waals surface area contributed by atoms with Gasteiger partial charge in [-0.3, -0.25) is 9.48 Å². The Hall–Kier alpha value is -2.34. The molecule has 3 rings (SSSR count). The van der Waals surface area contributed by atoms with Crippen LogP contribution in [0.15, 0.2) is 42.6 Å². The predicted molar refractivity (Wildman–Crippen MR) is 83.9 cm³/mol. The summed E-state index contributed by atoms with van der Waals surface area (Å²) in [6, 6.07) is 11.7. The third-order valence-corrected chi connectivity index (χ3v) is 3.63. The topological polar surface area (TPSA) is 68.2 Å². The van der Waals surface area contributed by atoms with E-state index in [9.17, 15) is 4.79 Å². The van der Waals surface area contributed by atoms with Crippen molar-refractivity contribution in [2.45, 2.75) is 18.9 Å². The number of amides is 1. The van der Waals surface area contributed by atoms with Gasteiger partial charge in [-0.1, -0.05) is 18.2 Å². The van der Waals surface area contributed by atoms with E-state index in [1.165, 1.54) is 0 Å². The fourth-order valence-corrected chi connectivity index (χ4v) is 2.46. The highest BCUT2D eigenvalue weighted by atomic mass is 16.5. The normalized spacial score (nSPS) is 17.4. The molecule has 0 radical (unpaired) electrons. The molecule has 0 spiro atoms. The number of aromatic nitrogens is 2. The Balaban J connectivity index is 1.43. The molecule has 1 saturated heterocycles. The van der Waals surface area contributed by atoms with Crippen molar-refractivity contribution in [3.05, 3.63) is 42.6 Å². The first-order valence-electron chi connectivity index (χ1n) is 7.55. The predicted octanol–water partition coefficient (Wildman–Crippen LogP) is 1.83. The van der Waals surface area contributed by atoms with Crippen molar-refractivity contribution < 1.29 is 9.53 Å². The second kappa shape index (κ2) is 7.09. The number of hydrogen-bond donors (Lipinski definition) is 2. The van der Waals surface area contributed by atoms with Gasteiger partial charge in [0.25, 0.3) is 0 Å². The lowest BCUT2D eigenvalue weighted by atomic mass is 10.3. The van der Waals surface area contributed by atoms with Gasteiger partial charge in [0.2, 0.25) is 5.91 Å². The van der Waals surface area contributed by atoms with Crippen LogP contribution in [0.2, 0.25) is 0 Å². The Morgan fingerprint density at radius 2 is 2.23 bits per heavy atom. The van der Waals surface area contributed by atoms with Crippen molar-refractivity contribution in [2.75, 3.05) is 25.0 Å². The largest absolute Gasteiger partial charge is 0.493 e. The van der Waals surface area contributed by atoms with Crippen LogP contribution in [0, 0.1) is 0 Å². The van der Waals surface area contributed by atoms with Gasteiger partial charge in [-0.15, -0.1) is 0 Å². The number of ether oxygens (including phenoxy) is 1. The summed E-state index contributed by atoms with van der Waals surface area (Å²) in [4.78, 5) is 11.9. The monoisotopic (exact) mass is 300 g/mol. The number of benzene rings is 1. The Morgan fingerprint density at radius 3 is 3.00 bits per heavy atom. The van der Waals surface area contributed by atoms with Gasteiger partial charge < -0.3 is 15.4 Å². The van der Waals surface area contributed by atoms with Crippen LogP contribution in [0.25, 0.3) is 0 Å². The molecule has 1 fully saturated rings.